The summed E-state index contributed by atoms with van der Waals surface area (Å²) in [6.45, 7) is 2.97. The summed E-state index contributed by atoms with van der Waals surface area (Å²) < 4.78 is 6.40. The van der Waals surface area contributed by atoms with Crippen molar-refractivity contribution in [2.75, 3.05) is 13.2 Å². The van der Waals surface area contributed by atoms with Crippen molar-refractivity contribution in [2.24, 2.45) is 0 Å². The van der Waals surface area contributed by atoms with Gasteiger partial charge in [0.1, 0.15) is 6.61 Å². The van der Waals surface area contributed by atoms with Gasteiger partial charge in [-0.2, -0.15) is 0 Å². The fourth-order valence-corrected chi connectivity index (χ4v) is 1.49. The molecule has 0 aliphatic heterocycles. The van der Waals surface area contributed by atoms with Gasteiger partial charge in [-0.05, 0) is 41.1 Å². The fraction of sp³-hybridized carbons (Fsp3) is 0.417. The number of carbonyl (C=O) groups is 1. The zero-order valence-electron chi connectivity index (χ0n) is 8.83. The Morgan fingerprint density at radius 2 is 2.00 bits per heavy atom. The molecule has 0 saturated heterocycles. The molecule has 0 amide bonds. The largest absolute Gasteiger partial charge is 0.373 e. The Balaban J connectivity index is 2.37. The molecule has 2 nitrogen and oxygen atoms in total. The van der Waals surface area contributed by atoms with Crippen molar-refractivity contribution in [2.45, 2.75) is 19.8 Å². The maximum absolute atomic E-state index is 11.6. The van der Waals surface area contributed by atoms with Gasteiger partial charge in [0.25, 0.3) is 0 Å². The third-order valence-corrected chi connectivity index (χ3v) is 2.76. The van der Waals surface area contributed by atoms with Gasteiger partial charge in [0.15, 0.2) is 5.78 Å². The summed E-state index contributed by atoms with van der Waals surface area (Å²) in [6.07, 6.45) is 2.11. The zero-order valence-corrected chi connectivity index (χ0v) is 11.0. The second-order valence-electron chi connectivity index (χ2n) is 3.34. The lowest BCUT2D eigenvalue weighted by Crippen LogP contribution is -2.09. The van der Waals surface area contributed by atoms with Crippen molar-refractivity contribution in [1.82, 2.24) is 0 Å². The monoisotopic (exact) mass is 318 g/mol. The van der Waals surface area contributed by atoms with Crippen molar-refractivity contribution in [3.8, 4) is 0 Å². The summed E-state index contributed by atoms with van der Waals surface area (Å²) in [5.41, 5.74) is 0.729. The Morgan fingerprint density at radius 3 is 2.60 bits per heavy atom. The minimum Gasteiger partial charge on any atom is -0.373 e. The van der Waals surface area contributed by atoms with Gasteiger partial charge in [-0.1, -0.05) is 25.5 Å². The highest BCUT2D eigenvalue weighted by Gasteiger charge is 2.04. The summed E-state index contributed by atoms with van der Waals surface area (Å²) in [5, 5.41) is 0. The van der Waals surface area contributed by atoms with Gasteiger partial charge in [0.2, 0.25) is 0 Å². The lowest BCUT2D eigenvalue weighted by molar-refractivity contribution is 0.0754. The van der Waals surface area contributed by atoms with Crippen LogP contribution in [0.4, 0.5) is 0 Å². The van der Waals surface area contributed by atoms with Crippen LogP contribution in [0.1, 0.15) is 30.1 Å². The van der Waals surface area contributed by atoms with E-state index in [0.29, 0.717) is 6.61 Å². The molecule has 0 fully saturated rings. The first-order valence-corrected chi connectivity index (χ1v) is 6.18. The summed E-state index contributed by atoms with van der Waals surface area (Å²) >= 11 is 2.22. The van der Waals surface area contributed by atoms with E-state index in [-0.39, 0.29) is 12.4 Å². The van der Waals surface area contributed by atoms with Crippen molar-refractivity contribution < 1.29 is 9.53 Å². The van der Waals surface area contributed by atoms with E-state index in [1.807, 2.05) is 24.3 Å². The second-order valence-corrected chi connectivity index (χ2v) is 4.58. The molecule has 82 valence electrons. The summed E-state index contributed by atoms with van der Waals surface area (Å²) in [7, 11) is 0. The van der Waals surface area contributed by atoms with Gasteiger partial charge < -0.3 is 4.74 Å². The molecule has 1 aromatic carbocycles. The Morgan fingerprint density at radius 1 is 1.33 bits per heavy atom. The third kappa shape index (κ3) is 4.75. The Hall–Kier alpha value is -0.420. The topological polar surface area (TPSA) is 26.3 Å². The average Bonchev–Trinajstić information content (AvgIpc) is 2.25. The van der Waals surface area contributed by atoms with E-state index in [0.717, 1.165) is 22.0 Å². The number of Topliss-reactive ketones (excluding diaryl/α,β-unsaturated/α-hetero) is 1. The van der Waals surface area contributed by atoms with Gasteiger partial charge in [-0.15, -0.1) is 0 Å². The maximum Gasteiger partial charge on any atom is 0.188 e. The van der Waals surface area contributed by atoms with Gasteiger partial charge in [0, 0.05) is 15.7 Å². The van der Waals surface area contributed by atoms with Crippen LogP contribution >= 0.6 is 22.6 Å². The number of ether oxygens (including phenoxy) is 1. The first kappa shape index (κ1) is 12.6. The van der Waals surface area contributed by atoms with E-state index >= 15 is 0 Å². The molecule has 0 atom stereocenters. The predicted octanol–water partition coefficient (Wildman–Crippen LogP) is 3.29. The Bertz CT molecular complexity index is 306. The van der Waals surface area contributed by atoms with Crippen LogP contribution in [0.5, 0.6) is 0 Å². The minimum absolute atomic E-state index is 0.0579. The van der Waals surface area contributed by atoms with Crippen molar-refractivity contribution in [1.29, 1.82) is 0 Å². The van der Waals surface area contributed by atoms with Crippen molar-refractivity contribution >= 4 is 28.4 Å². The molecule has 0 aromatic heterocycles. The zero-order chi connectivity index (χ0) is 11.1. The number of benzene rings is 1. The van der Waals surface area contributed by atoms with Crippen LogP contribution in [0.15, 0.2) is 24.3 Å². The number of carbonyl (C=O) groups excluding carboxylic acids is 1. The van der Waals surface area contributed by atoms with Crippen LogP contribution in [-0.4, -0.2) is 19.0 Å². The SMILES string of the molecule is CCCCOCC(=O)c1ccc(I)cc1. The van der Waals surface area contributed by atoms with E-state index in [2.05, 4.69) is 29.5 Å². The smallest absolute Gasteiger partial charge is 0.188 e. The molecule has 1 aromatic rings. The first-order chi connectivity index (χ1) is 7.24. The second kappa shape index (κ2) is 6.95. The van der Waals surface area contributed by atoms with E-state index < -0.39 is 0 Å². The molecule has 15 heavy (non-hydrogen) atoms. The number of hydrogen-bond acceptors (Lipinski definition) is 2. The molecule has 0 saturated carbocycles. The Labute approximate surface area is 104 Å². The highest BCUT2D eigenvalue weighted by atomic mass is 127. The van der Waals surface area contributed by atoms with Gasteiger partial charge in [0.05, 0.1) is 0 Å². The van der Waals surface area contributed by atoms with Crippen LogP contribution in [0.3, 0.4) is 0 Å². The normalized spacial score (nSPS) is 10.3. The lowest BCUT2D eigenvalue weighted by atomic mass is 10.1. The maximum atomic E-state index is 11.6. The molecule has 0 aliphatic rings. The minimum atomic E-state index is 0.0579. The highest BCUT2D eigenvalue weighted by Crippen LogP contribution is 2.07. The summed E-state index contributed by atoms with van der Waals surface area (Å²) in [5.74, 6) is 0.0579. The molecule has 0 radical (unpaired) electrons. The van der Waals surface area contributed by atoms with E-state index in [4.69, 9.17) is 4.74 Å². The van der Waals surface area contributed by atoms with Gasteiger partial charge in [-0.25, -0.2) is 0 Å². The molecule has 0 aliphatic carbocycles. The summed E-state index contributed by atoms with van der Waals surface area (Å²) in [4.78, 5) is 11.6. The van der Waals surface area contributed by atoms with E-state index in [1.54, 1.807) is 0 Å². The molecule has 0 bridgehead atoms. The molecule has 0 N–H and O–H groups in total. The molecule has 3 heteroatoms. The fourth-order valence-electron chi connectivity index (χ4n) is 1.13. The molecular formula is C12H15IO2. The van der Waals surface area contributed by atoms with Gasteiger partial charge >= 0.3 is 0 Å². The lowest BCUT2D eigenvalue weighted by Gasteiger charge is -2.02. The molecule has 1 rings (SSSR count). The molecule has 0 heterocycles. The molecular weight excluding hydrogens is 303 g/mol. The number of ketones is 1. The quantitative estimate of drug-likeness (QED) is 0.457. The standard InChI is InChI=1S/C12H15IO2/c1-2-3-8-15-9-12(14)10-4-6-11(13)7-5-10/h4-7H,2-3,8-9H2,1H3. The van der Waals surface area contributed by atoms with E-state index in [9.17, 15) is 4.79 Å². The third-order valence-electron chi connectivity index (χ3n) is 2.04. The van der Waals surface area contributed by atoms with Crippen LogP contribution in [-0.2, 0) is 4.74 Å². The van der Waals surface area contributed by atoms with Crippen molar-refractivity contribution in [3.05, 3.63) is 33.4 Å². The molecule has 0 unspecified atom stereocenters. The summed E-state index contributed by atoms with van der Waals surface area (Å²) in [6, 6.07) is 7.54. The van der Waals surface area contributed by atoms with E-state index in [1.165, 1.54) is 0 Å². The average molecular weight is 318 g/mol. The van der Waals surface area contributed by atoms with Crippen LogP contribution in [0.25, 0.3) is 0 Å². The number of rotatable bonds is 6. The number of unbranched alkanes of at least 4 members (excludes halogenated alkanes) is 1. The number of halogens is 1. The van der Waals surface area contributed by atoms with Gasteiger partial charge in [-0.3, -0.25) is 4.79 Å². The van der Waals surface area contributed by atoms with Crippen LogP contribution in [0, 0.1) is 3.57 Å². The van der Waals surface area contributed by atoms with Crippen LogP contribution in [0.2, 0.25) is 0 Å². The predicted molar refractivity (Wildman–Crippen MR) is 69.2 cm³/mol. The highest BCUT2D eigenvalue weighted by molar-refractivity contribution is 14.1. The molecule has 0 spiro atoms. The number of hydrogen-bond donors (Lipinski definition) is 0. The first-order valence-electron chi connectivity index (χ1n) is 5.10. The van der Waals surface area contributed by atoms with Crippen molar-refractivity contribution in [3.63, 3.8) is 0 Å². The Kier molecular flexibility index (Phi) is 5.86. The van der Waals surface area contributed by atoms with Crippen LogP contribution < -0.4 is 0 Å².